The summed E-state index contributed by atoms with van der Waals surface area (Å²) in [4.78, 5) is 10.7. The van der Waals surface area contributed by atoms with Crippen molar-refractivity contribution in [2.45, 2.75) is 6.42 Å². The van der Waals surface area contributed by atoms with E-state index in [9.17, 15) is 4.79 Å². The van der Waals surface area contributed by atoms with E-state index < -0.39 is 6.03 Å². The van der Waals surface area contributed by atoms with Crippen molar-refractivity contribution >= 4 is 12.2 Å². The Labute approximate surface area is 157 Å². The van der Waals surface area contributed by atoms with Crippen molar-refractivity contribution in [1.82, 2.24) is 5.43 Å². The summed E-state index contributed by atoms with van der Waals surface area (Å²) >= 11 is 0. The van der Waals surface area contributed by atoms with Crippen molar-refractivity contribution in [1.29, 1.82) is 0 Å². The zero-order valence-corrected chi connectivity index (χ0v) is 15.3. The number of ether oxygens (including phenoxy) is 4. The third-order valence-electron chi connectivity index (χ3n) is 3.47. The van der Waals surface area contributed by atoms with Crippen molar-refractivity contribution in [2.75, 3.05) is 27.4 Å². The minimum Gasteiger partial charge on any atom is -0.497 e. The van der Waals surface area contributed by atoms with Crippen molar-refractivity contribution in [3.05, 3.63) is 48.0 Å². The van der Waals surface area contributed by atoms with Crippen LogP contribution in [-0.2, 0) is 0 Å². The summed E-state index contributed by atoms with van der Waals surface area (Å²) < 4.78 is 21.9. The topological polar surface area (TPSA) is 104 Å². The number of nitrogens with one attached hydrogen (secondary N) is 1. The molecule has 0 bridgehead atoms. The molecule has 0 unspecified atom stereocenters. The second-order valence-corrected chi connectivity index (χ2v) is 5.34. The molecule has 0 aliphatic rings. The van der Waals surface area contributed by atoms with Gasteiger partial charge < -0.3 is 24.7 Å². The molecule has 0 saturated carbocycles. The first-order valence-corrected chi connectivity index (χ1v) is 8.29. The van der Waals surface area contributed by atoms with Gasteiger partial charge in [-0.25, -0.2) is 10.2 Å². The molecule has 2 amide bonds. The molecular formula is C19H23N3O5. The molecule has 0 spiro atoms. The number of hydrogen-bond acceptors (Lipinski definition) is 6. The SMILES string of the molecule is COc1ccc(OCCCOc2c(/C=N\NC(N)=O)cccc2OC)cc1. The fourth-order valence-electron chi connectivity index (χ4n) is 2.21. The number of nitrogens with two attached hydrogens (primary N) is 1. The summed E-state index contributed by atoms with van der Waals surface area (Å²) in [7, 11) is 3.17. The number of hydrazone groups is 1. The van der Waals surface area contributed by atoms with Crippen LogP contribution in [0.4, 0.5) is 4.79 Å². The quantitative estimate of drug-likeness (QED) is 0.378. The largest absolute Gasteiger partial charge is 0.497 e. The molecule has 0 fully saturated rings. The number of hydrogen-bond donors (Lipinski definition) is 2. The Morgan fingerprint density at radius 2 is 1.74 bits per heavy atom. The van der Waals surface area contributed by atoms with Crippen LogP contribution < -0.4 is 30.1 Å². The number of para-hydroxylation sites is 1. The van der Waals surface area contributed by atoms with Crippen molar-refractivity contribution in [3.63, 3.8) is 0 Å². The molecule has 0 aromatic heterocycles. The number of methoxy groups -OCH3 is 2. The molecule has 0 saturated heterocycles. The van der Waals surface area contributed by atoms with E-state index in [1.165, 1.54) is 6.21 Å². The molecule has 144 valence electrons. The van der Waals surface area contributed by atoms with Gasteiger partial charge in [0.25, 0.3) is 0 Å². The summed E-state index contributed by atoms with van der Waals surface area (Å²) in [6.07, 6.45) is 2.11. The average molecular weight is 373 g/mol. The predicted octanol–water partition coefficient (Wildman–Crippen LogP) is 2.55. The fourth-order valence-corrected chi connectivity index (χ4v) is 2.21. The lowest BCUT2D eigenvalue weighted by atomic mass is 10.2. The van der Waals surface area contributed by atoms with Gasteiger partial charge in [-0.2, -0.15) is 5.10 Å². The Bertz CT molecular complexity index is 762. The molecular weight excluding hydrogens is 350 g/mol. The molecule has 2 aromatic rings. The van der Waals surface area contributed by atoms with Gasteiger partial charge in [-0.3, -0.25) is 0 Å². The molecule has 8 nitrogen and oxygen atoms in total. The Hall–Kier alpha value is -3.42. The molecule has 0 heterocycles. The molecule has 2 aromatic carbocycles. The van der Waals surface area contributed by atoms with Crippen LogP contribution in [0.15, 0.2) is 47.6 Å². The Balaban J connectivity index is 1.88. The van der Waals surface area contributed by atoms with Crippen molar-refractivity contribution in [3.8, 4) is 23.0 Å². The van der Waals surface area contributed by atoms with Gasteiger partial charge in [0, 0.05) is 12.0 Å². The normalized spacial score (nSPS) is 10.4. The molecule has 2 rings (SSSR count). The maximum absolute atomic E-state index is 10.7. The Morgan fingerprint density at radius 3 is 2.41 bits per heavy atom. The first-order chi connectivity index (χ1) is 13.1. The highest BCUT2D eigenvalue weighted by molar-refractivity contribution is 5.86. The van der Waals surface area contributed by atoms with E-state index in [0.29, 0.717) is 36.7 Å². The molecule has 0 radical (unpaired) electrons. The predicted molar refractivity (Wildman–Crippen MR) is 102 cm³/mol. The Kier molecular flexibility index (Phi) is 7.77. The van der Waals surface area contributed by atoms with E-state index in [4.69, 9.17) is 24.7 Å². The smallest absolute Gasteiger partial charge is 0.332 e. The third-order valence-corrected chi connectivity index (χ3v) is 3.47. The highest BCUT2D eigenvalue weighted by Gasteiger charge is 2.09. The lowest BCUT2D eigenvalue weighted by Crippen LogP contribution is -2.24. The van der Waals surface area contributed by atoms with E-state index in [1.807, 2.05) is 24.3 Å². The second-order valence-electron chi connectivity index (χ2n) is 5.34. The number of carbonyl (C=O) groups is 1. The van der Waals surface area contributed by atoms with Crippen LogP contribution in [0.1, 0.15) is 12.0 Å². The first kappa shape index (κ1) is 19.9. The average Bonchev–Trinajstić information content (AvgIpc) is 2.68. The zero-order chi connectivity index (χ0) is 19.5. The van der Waals surface area contributed by atoms with Crippen LogP contribution >= 0.6 is 0 Å². The number of nitrogens with zero attached hydrogens (tertiary/aromatic N) is 1. The van der Waals surface area contributed by atoms with E-state index >= 15 is 0 Å². The molecule has 0 aliphatic heterocycles. The Morgan fingerprint density at radius 1 is 1.04 bits per heavy atom. The van der Waals surface area contributed by atoms with Crippen molar-refractivity contribution < 1.29 is 23.7 Å². The van der Waals surface area contributed by atoms with Crippen LogP contribution in [0.5, 0.6) is 23.0 Å². The maximum Gasteiger partial charge on any atom is 0.332 e. The highest BCUT2D eigenvalue weighted by atomic mass is 16.5. The van der Waals surface area contributed by atoms with Crippen LogP contribution in [0.25, 0.3) is 0 Å². The van der Waals surface area contributed by atoms with Gasteiger partial charge in [0.05, 0.1) is 33.6 Å². The summed E-state index contributed by atoms with van der Waals surface area (Å²) in [6.45, 7) is 0.911. The molecule has 0 aliphatic carbocycles. The van der Waals surface area contributed by atoms with Gasteiger partial charge in [-0.15, -0.1) is 0 Å². The number of urea groups is 1. The lowest BCUT2D eigenvalue weighted by molar-refractivity contribution is 0.240. The summed E-state index contributed by atoms with van der Waals surface area (Å²) in [5.41, 5.74) is 7.78. The van der Waals surface area contributed by atoms with Gasteiger partial charge in [0.15, 0.2) is 11.5 Å². The van der Waals surface area contributed by atoms with E-state index in [2.05, 4.69) is 10.5 Å². The van der Waals surface area contributed by atoms with Crippen LogP contribution in [0.3, 0.4) is 0 Å². The number of benzene rings is 2. The van der Waals surface area contributed by atoms with Gasteiger partial charge in [-0.1, -0.05) is 6.07 Å². The summed E-state index contributed by atoms with van der Waals surface area (Å²) in [5.74, 6) is 2.63. The summed E-state index contributed by atoms with van der Waals surface area (Å²) in [5, 5.41) is 3.76. The minimum absolute atomic E-state index is 0.417. The maximum atomic E-state index is 10.7. The van der Waals surface area contributed by atoms with Crippen LogP contribution in [-0.4, -0.2) is 39.7 Å². The number of carbonyl (C=O) groups excluding carboxylic acids is 1. The van der Waals surface area contributed by atoms with Crippen molar-refractivity contribution in [2.24, 2.45) is 10.8 Å². The summed E-state index contributed by atoms with van der Waals surface area (Å²) in [6, 6.07) is 12.0. The van der Waals surface area contributed by atoms with Crippen LogP contribution in [0.2, 0.25) is 0 Å². The lowest BCUT2D eigenvalue weighted by Gasteiger charge is -2.13. The van der Waals surface area contributed by atoms with Gasteiger partial charge in [0.1, 0.15) is 11.5 Å². The standard InChI is InChI=1S/C19H23N3O5/c1-24-15-7-9-16(10-8-15)26-11-4-12-27-18-14(13-21-22-19(20)23)5-3-6-17(18)25-2/h3,5-10,13H,4,11-12H2,1-2H3,(H3,20,22,23)/b21-13-. The number of rotatable bonds is 10. The molecule has 8 heteroatoms. The third kappa shape index (κ3) is 6.43. The van der Waals surface area contributed by atoms with Crippen LogP contribution in [0, 0.1) is 0 Å². The first-order valence-electron chi connectivity index (χ1n) is 8.29. The second kappa shape index (κ2) is 10.5. The molecule has 0 atom stereocenters. The minimum atomic E-state index is -0.743. The van der Waals surface area contributed by atoms with Gasteiger partial charge in [0.2, 0.25) is 0 Å². The van der Waals surface area contributed by atoms with E-state index in [0.717, 1.165) is 11.5 Å². The van der Waals surface area contributed by atoms with E-state index in [-0.39, 0.29) is 0 Å². The monoisotopic (exact) mass is 373 g/mol. The van der Waals surface area contributed by atoms with Gasteiger partial charge in [-0.05, 0) is 36.4 Å². The molecule has 27 heavy (non-hydrogen) atoms. The fraction of sp³-hybridized carbons (Fsp3) is 0.263. The van der Waals surface area contributed by atoms with Gasteiger partial charge >= 0.3 is 6.03 Å². The number of amides is 2. The zero-order valence-electron chi connectivity index (χ0n) is 15.3. The van der Waals surface area contributed by atoms with E-state index in [1.54, 1.807) is 32.4 Å². The number of primary amides is 1. The highest BCUT2D eigenvalue weighted by Crippen LogP contribution is 2.30. The molecule has 3 N–H and O–H groups in total.